The van der Waals surface area contributed by atoms with Crippen LogP contribution in [-0.4, -0.2) is 16.6 Å². The summed E-state index contributed by atoms with van der Waals surface area (Å²) in [5.41, 5.74) is 7.05. The van der Waals surface area contributed by atoms with Crippen LogP contribution in [0.2, 0.25) is 13.1 Å². The molecule has 0 saturated carbocycles. The molecule has 0 aliphatic heterocycles. The van der Waals surface area contributed by atoms with E-state index in [0.29, 0.717) is 0 Å². The molecule has 164 valence electrons. The topological polar surface area (TPSA) is 9.23 Å². The molecule has 0 aliphatic carbocycles. The lowest BCUT2D eigenvalue weighted by Crippen LogP contribution is -2.59. The Bertz CT molecular complexity index is 1140. The second-order valence-electron chi connectivity index (χ2n) is 8.63. The van der Waals surface area contributed by atoms with Crippen LogP contribution in [0.4, 0.5) is 0 Å². The Morgan fingerprint density at radius 1 is 0.485 bits per heavy atom. The van der Waals surface area contributed by atoms with Crippen molar-refractivity contribution in [2.45, 2.75) is 13.1 Å². The third-order valence-electron chi connectivity index (χ3n) is 5.76. The van der Waals surface area contributed by atoms with Crippen LogP contribution in [0.5, 0.6) is 0 Å². The molecule has 0 radical (unpaired) electrons. The van der Waals surface area contributed by atoms with Gasteiger partial charge in [0.15, 0.2) is 0 Å². The average Bonchev–Trinajstić information content (AvgIpc) is 2.88. The summed E-state index contributed by atoms with van der Waals surface area (Å²) in [5.74, 6) is 0. The predicted molar refractivity (Wildman–Crippen MR) is 147 cm³/mol. The Kier molecular flexibility index (Phi) is 7.35. The highest BCUT2D eigenvalue weighted by Gasteiger charge is 2.40. The Morgan fingerprint density at radius 2 is 0.848 bits per heavy atom. The molecule has 0 spiro atoms. The van der Waals surface area contributed by atoms with E-state index >= 15 is 0 Å². The maximum atomic E-state index is 7.35. The van der Waals surface area contributed by atoms with Crippen molar-refractivity contribution in [1.82, 2.24) is 0 Å². The number of benzene rings is 4. The monoisotopic (exact) mass is 462 g/mol. The first-order valence-electron chi connectivity index (χ1n) is 11.4. The summed E-state index contributed by atoms with van der Waals surface area (Å²) in [6.45, 7) is 4.61. The molecule has 4 rings (SSSR count). The Morgan fingerprint density at radius 3 is 1.27 bits per heavy atom. The molecular weight excluding hydrogens is 433 g/mol. The van der Waals surface area contributed by atoms with E-state index in [0.717, 1.165) is 0 Å². The normalized spacial score (nSPS) is 13.9. The number of rotatable bonds is 8. The molecule has 33 heavy (non-hydrogen) atoms. The summed E-state index contributed by atoms with van der Waals surface area (Å²) in [6, 6.07) is 42.4. The molecule has 0 N–H and O–H groups in total. The molecule has 0 heterocycles. The number of hydrogen-bond donors (Lipinski definition) is 0. The van der Waals surface area contributed by atoms with E-state index in [4.69, 9.17) is 4.12 Å². The van der Waals surface area contributed by atoms with Crippen LogP contribution in [0.15, 0.2) is 133 Å². The molecule has 0 saturated heterocycles. The van der Waals surface area contributed by atoms with Crippen LogP contribution in [-0.2, 0) is 4.12 Å². The van der Waals surface area contributed by atoms with Gasteiger partial charge >= 0.3 is 0 Å². The Labute approximate surface area is 200 Å². The van der Waals surface area contributed by atoms with Crippen LogP contribution in [0.1, 0.15) is 11.1 Å². The van der Waals surface area contributed by atoms with Crippen molar-refractivity contribution in [3.63, 3.8) is 0 Å². The van der Waals surface area contributed by atoms with Crippen molar-refractivity contribution in [1.29, 1.82) is 0 Å². The van der Waals surface area contributed by atoms with Gasteiger partial charge in [-0.3, -0.25) is 0 Å². The van der Waals surface area contributed by atoms with Crippen molar-refractivity contribution < 1.29 is 4.12 Å². The first-order chi connectivity index (χ1) is 16.1. The SMILES string of the molecule is C[Si](C)(O[Si](C=Cc1ccccc1)(C=Cc1ccccc1)c1ccccc1)c1ccccc1. The highest BCUT2D eigenvalue weighted by molar-refractivity contribution is 7.03. The third kappa shape index (κ3) is 5.96. The Balaban J connectivity index is 1.85. The van der Waals surface area contributed by atoms with Gasteiger partial charge in [0.25, 0.3) is 8.32 Å². The molecule has 0 aliphatic rings. The molecule has 0 atom stereocenters. The molecule has 4 aromatic rings. The summed E-state index contributed by atoms with van der Waals surface area (Å²) in [5, 5.41) is 2.56. The van der Waals surface area contributed by atoms with Gasteiger partial charge in [0.05, 0.1) is 0 Å². The summed E-state index contributed by atoms with van der Waals surface area (Å²) in [7, 11) is -4.87. The van der Waals surface area contributed by atoms with Crippen molar-refractivity contribution >= 4 is 39.2 Å². The van der Waals surface area contributed by atoms with Crippen molar-refractivity contribution in [3.05, 3.63) is 144 Å². The second-order valence-corrected chi connectivity index (χ2v) is 15.9. The molecule has 0 unspecified atom stereocenters. The van der Waals surface area contributed by atoms with Crippen LogP contribution >= 0.6 is 0 Å². The van der Waals surface area contributed by atoms with Crippen LogP contribution in [0, 0.1) is 0 Å². The van der Waals surface area contributed by atoms with Gasteiger partial charge in [-0.1, -0.05) is 145 Å². The van der Waals surface area contributed by atoms with E-state index < -0.39 is 16.6 Å². The van der Waals surface area contributed by atoms with E-state index in [1.54, 1.807) is 0 Å². The van der Waals surface area contributed by atoms with Crippen molar-refractivity contribution in [3.8, 4) is 0 Å². The van der Waals surface area contributed by atoms with Crippen molar-refractivity contribution in [2.24, 2.45) is 0 Å². The summed E-state index contributed by atoms with van der Waals surface area (Å²) in [4.78, 5) is 0. The van der Waals surface area contributed by atoms with Gasteiger partial charge < -0.3 is 4.12 Å². The molecule has 3 heteroatoms. The molecule has 1 nitrogen and oxygen atoms in total. The fourth-order valence-electron chi connectivity index (χ4n) is 3.96. The van der Waals surface area contributed by atoms with E-state index in [1.807, 2.05) is 0 Å². The largest absolute Gasteiger partial charge is 0.443 e. The predicted octanol–water partition coefficient (Wildman–Crippen LogP) is 6.47. The van der Waals surface area contributed by atoms with Gasteiger partial charge in [0.2, 0.25) is 8.32 Å². The molecule has 0 fully saturated rings. The van der Waals surface area contributed by atoms with Gasteiger partial charge in [0.1, 0.15) is 0 Å². The molecular formula is C30H30OSi2. The minimum atomic E-state index is -2.65. The minimum absolute atomic E-state index is 1.18. The van der Waals surface area contributed by atoms with Gasteiger partial charge in [-0.15, -0.1) is 0 Å². The fraction of sp³-hybridized carbons (Fsp3) is 0.0667. The highest BCUT2D eigenvalue weighted by Crippen LogP contribution is 2.21. The quantitative estimate of drug-likeness (QED) is 0.273. The highest BCUT2D eigenvalue weighted by atomic mass is 28.4. The lowest BCUT2D eigenvalue weighted by atomic mass is 10.2. The maximum Gasteiger partial charge on any atom is 0.263 e. The molecule has 0 amide bonds. The lowest BCUT2D eigenvalue weighted by Gasteiger charge is -2.36. The van der Waals surface area contributed by atoms with Gasteiger partial charge in [-0.2, -0.15) is 0 Å². The maximum absolute atomic E-state index is 7.35. The number of hydrogen-bond acceptors (Lipinski definition) is 1. The van der Waals surface area contributed by atoms with Crippen LogP contribution in [0.25, 0.3) is 12.2 Å². The van der Waals surface area contributed by atoms with E-state index in [-0.39, 0.29) is 0 Å². The van der Waals surface area contributed by atoms with E-state index in [2.05, 4.69) is 158 Å². The van der Waals surface area contributed by atoms with E-state index in [1.165, 1.54) is 21.5 Å². The molecule has 0 aromatic heterocycles. The second kappa shape index (κ2) is 10.6. The van der Waals surface area contributed by atoms with Gasteiger partial charge in [0, 0.05) is 0 Å². The van der Waals surface area contributed by atoms with E-state index in [9.17, 15) is 0 Å². The smallest absolute Gasteiger partial charge is 0.263 e. The van der Waals surface area contributed by atoms with Gasteiger partial charge in [-0.05, 0) is 34.6 Å². The average molecular weight is 463 g/mol. The zero-order chi connectivity index (χ0) is 23.0. The molecule has 4 aromatic carbocycles. The van der Waals surface area contributed by atoms with Crippen LogP contribution < -0.4 is 10.4 Å². The zero-order valence-electron chi connectivity index (χ0n) is 19.3. The summed E-state index contributed by atoms with van der Waals surface area (Å²) >= 11 is 0. The summed E-state index contributed by atoms with van der Waals surface area (Å²) < 4.78 is 7.35. The van der Waals surface area contributed by atoms with Gasteiger partial charge in [-0.25, -0.2) is 0 Å². The minimum Gasteiger partial charge on any atom is -0.443 e. The third-order valence-corrected chi connectivity index (χ3v) is 13.4. The Hall–Kier alpha value is -3.25. The lowest BCUT2D eigenvalue weighted by molar-refractivity contribution is 0.585. The first-order valence-corrected chi connectivity index (χ1v) is 16.3. The standard InChI is InChI=1S/C30H30OSi2/c1-32(2,29-19-11-5-12-20-29)31-33(30-21-13-6-14-22-30,25-23-27-15-7-3-8-16-27)26-24-28-17-9-4-10-18-28/h3-26H,1-2H3. The first kappa shape index (κ1) is 22.9. The van der Waals surface area contributed by atoms with Crippen LogP contribution in [0.3, 0.4) is 0 Å². The van der Waals surface area contributed by atoms with Crippen molar-refractivity contribution in [2.75, 3.05) is 0 Å². The zero-order valence-corrected chi connectivity index (χ0v) is 21.3. The molecule has 0 bridgehead atoms. The summed E-state index contributed by atoms with van der Waals surface area (Å²) in [6.07, 6.45) is 4.45. The fourth-order valence-corrected chi connectivity index (χ4v) is 11.9.